The van der Waals surface area contributed by atoms with Gasteiger partial charge in [0.05, 0.1) is 7.11 Å². The minimum Gasteiger partial charge on any atom is -0.481 e. The highest BCUT2D eigenvalue weighted by Crippen LogP contribution is 2.20. The Bertz CT molecular complexity index is 516. The number of aromatic nitrogens is 3. The molecular weight excluding hydrogens is 270 g/mol. The first kappa shape index (κ1) is 11.0. The van der Waals surface area contributed by atoms with E-state index in [1.807, 2.05) is 25.1 Å². The van der Waals surface area contributed by atoms with Crippen molar-refractivity contribution in [2.45, 2.75) is 6.92 Å². The lowest BCUT2D eigenvalue weighted by Crippen LogP contribution is -1.96. The van der Waals surface area contributed by atoms with Gasteiger partial charge in [-0.1, -0.05) is 6.07 Å². The summed E-state index contributed by atoms with van der Waals surface area (Å²) < 4.78 is 5.76. The van der Waals surface area contributed by atoms with Gasteiger partial charge in [-0.2, -0.15) is 4.98 Å². The molecular formula is C11H10BrN3O. The molecule has 0 atom stereocenters. The summed E-state index contributed by atoms with van der Waals surface area (Å²) in [6.45, 7) is 1.93. The van der Waals surface area contributed by atoms with Crippen molar-refractivity contribution in [2.24, 2.45) is 0 Å². The zero-order chi connectivity index (χ0) is 11.5. The van der Waals surface area contributed by atoms with Gasteiger partial charge in [0.15, 0.2) is 5.82 Å². The van der Waals surface area contributed by atoms with E-state index in [1.54, 1.807) is 13.2 Å². The fourth-order valence-electron chi connectivity index (χ4n) is 1.28. The zero-order valence-electron chi connectivity index (χ0n) is 8.94. The summed E-state index contributed by atoms with van der Waals surface area (Å²) in [7, 11) is 1.57. The van der Waals surface area contributed by atoms with E-state index in [0.29, 0.717) is 16.3 Å². The van der Waals surface area contributed by atoms with E-state index in [9.17, 15) is 0 Å². The van der Waals surface area contributed by atoms with Gasteiger partial charge in [-0.15, -0.1) is 0 Å². The molecule has 0 radical (unpaired) electrons. The monoisotopic (exact) mass is 279 g/mol. The standard InChI is InChI=1S/C11H10BrN3O/c1-7-4-3-5-8(13-7)11-14-9(12)6-10(15-11)16-2/h3-6H,1-2H3. The second-order valence-electron chi connectivity index (χ2n) is 3.22. The zero-order valence-corrected chi connectivity index (χ0v) is 10.5. The fourth-order valence-corrected chi connectivity index (χ4v) is 1.65. The van der Waals surface area contributed by atoms with E-state index < -0.39 is 0 Å². The number of rotatable bonds is 2. The highest BCUT2D eigenvalue weighted by atomic mass is 79.9. The smallest absolute Gasteiger partial charge is 0.217 e. The van der Waals surface area contributed by atoms with E-state index >= 15 is 0 Å². The van der Waals surface area contributed by atoms with Crippen LogP contribution in [-0.2, 0) is 0 Å². The predicted molar refractivity (Wildman–Crippen MR) is 64.3 cm³/mol. The molecule has 0 unspecified atom stereocenters. The summed E-state index contributed by atoms with van der Waals surface area (Å²) in [5.41, 5.74) is 1.67. The summed E-state index contributed by atoms with van der Waals surface area (Å²) in [5.74, 6) is 1.06. The molecule has 0 aliphatic rings. The minimum absolute atomic E-state index is 0.514. The van der Waals surface area contributed by atoms with E-state index in [0.717, 1.165) is 11.4 Å². The van der Waals surface area contributed by atoms with Crippen LogP contribution in [0.3, 0.4) is 0 Å². The second kappa shape index (κ2) is 4.57. The van der Waals surface area contributed by atoms with Gasteiger partial charge in [-0.05, 0) is 35.0 Å². The van der Waals surface area contributed by atoms with E-state index in [2.05, 4.69) is 30.9 Å². The van der Waals surface area contributed by atoms with Gasteiger partial charge in [0.25, 0.3) is 0 Å². The number of pyridine rings is 1. The van der Waals surface area contributed by atoms with Crippen molar-refractivity contribution in [3.63, 3.8) is 0 Å². The van der Waals surface area contributed by atoms with Crippen molar-refractivity contribution < 1.29 is 4.74 Å². The molecule has 2 aromatic rings. The van der Waals surface area contributed by atoms with Crippen molar-refractivity contribution in [1.29, 1.82) is 0 Å². The number of nitrogens with zero attached hydrogens (tertiary/aromatic N) is 3. The topological polar surface area (TPSA) is 47.9 Å². The van der Waals surface area contributed by atoms with Crippen molar-refractivity contribution >= 4 is 15.9 Å². The molecule has 0 aliphatic heterocycles. The number of halogens is 1. The quantitative estimate of drug-likeness (QED) is 0.793. The Labute approximate surface area is 102 Å². The first-order valence-corrected chi connectivity index (χ1v) is 5.51. The Hall–Kier alpha value is -1.49. The van der Waals surface area contributed by atoms with E-state index in [1.165, 1.54) is 0 Å². The number of hydrogen-bond donors (Lipinski definition) is 0. The fraction of sp³-hybridized carbons (Fsp3) is 0.182. The molecule has 0 saturated carbocycles. The normalized spacial score (nSPS) is 10.2. The first-order valence-electron chi connectivity index (χ1n) is 4.71. The molecule has 16 heavy (non-hydrogen) atoms. The summed E-state index contributed by atoms with van der Waals surface area (Å²) in [4.78, 5) is 12.9. The number of methoxy groups -OCH3 is 1. The third-order valence-electron chi connectivity index (χ3n) is 2.00. The Kier molecular flexibility index (Phi) is 3.14. The van der Waals surface area contributed by atoms with E-state index in [-0.39, 0.29) is 0 Å². The molecule has 0 aromatic carbocycles. The third-order valence-corrected chi connectivity index (χ3v) is 2.40. The molecule has 0 saturated heterocycles. The molecule has 5 heteroatoms. The largest absolute Gasteiger partial charge is 0.481 e. The maximum atomic E-state index is 5.08. The van der Waals surface area contributed by atoms with Gasteiger partial charge >= 0.3 is 0 Å². The molecule has 0 spiro atoms. The SMILES string of the molecule is COc1cc(Br)nc(-c2cccc(C)n2)n1. The Morgan fingerprint density at radius 2 is 2.00 bits per heavy atom. The molecule has 4 nitrogen and oxygen atoms in total. The molecule has 0 amide bonds. The van der Waals surface area contributed by atoms with Crippen LogP contribution >= 0.6 is 15.9 Å². The van der Waals surface area contributed by atoms with Gasteiger partial charge in [0.2, 0.25) is 5.88 Å². The van der Waals surface area contributed by atoms with Gasteiger partial charge in [-0.25, -0.2) is 9.97 Å². The van der Waals surface area contributed by atoms with Crippen LogP contribution in [-0.4, -0.2) is 22.1 Å². The van der Waals surface area contributed by atoms with Crippen molar-refractivity contribution in [3.05, 3.63) is 34.6 Å². The molecule has 0 aliphatic carbocycles. The first-order chi connectivity index (χ1) is 7.69. The van der Waals surface area contributed by atoms with Crippen LogP contribution in [0.4, 0.5) is 0 Å². The lowest BCUT2D eigenvalue weighted by atomic mass is 10.3. The number of hydrogen-bond acceptors (Lipinski definition) is 4. The minimum atomic E-state index is 0.514. The van der Waals surface area contributed by atoms with Gasteiger partial charge in [0.1, 0.15) is 10.3 Å². The lowest BCUT2D eigenvalue weighted by molar-refractivity contribution is 0.397. The van der Waals surface area contributed by atoms with Crippen LogP contribution in [0.25, 0.3) is 11.5 Å². The molecule has 0 bridgehead atoms. The Morgan fingerprint density at radius 3 is 2.69 bits per heavy atom. The lowest BCUT2D eigenvalue weighted by Gasteiger charge is -2.04. The highest BCUT2D eigenvalue weighted by molar-refractivity contribution is 9.10. The van der Waals surface area contributed by atoms with Crippen molar-refractivity contribution in [2.75, 3.05) is 7.11 Å². The van der Waals surface area contributed by atoms with Gasteiger partial charge in [-0.3, -0.25) is 0 Å². The molecule has 0 fully saturated rings. The maximum Gasteiger partial charge on any atom is 0.217 e. The van der Waals surface area contributed by atoms with Gasteiger partial charge < -0.3 is 4.74 Å². The second-order valence-corrected chi connectivity index (χ2v) is 4.03. The van der Waals surface area contributed by atoms with Crippen LogP contribution in [0.15, 0.2) is 28.9 Å². The van der Waals surface area contributed by atoms with Crippen molar-refractivity contribution in [1.82, 2.24) is 15.0 Å². The third kappa shape index (κ3) is 2.36. The van der Waals surface area contributed by atoms with Crippen molar-refractivity contribution in [3.8, 4) is 17.4 Å². The summed E-state index contributed by atoms with van der Waals surface area (Å²) in [5, 5.41) is 0. The summed E-state index contributed by atoms with van der Waals surface area (Å²) in [6, 6.07) is 7.43. The van der Waals surface area contributed by atoms with Crippen LogP contribution in [0.1, 0.15) is 5.69 Å². The highest BCUT2D eigenvalue weighted by Gasteiger charge is 2.06. The number of ether oxygens (including phenoxy) is 1. The van der Waals surface area contributed by atoms with Crippen LogP contribution in [0, 0.1) is 6.92 Å². The van der Waals surface area contributed by atoms with E-state index in [4.69, 9.17) is 4.74 Å². The summed E-state index contributed by atoms with van der Waals surface area (Å²) >= 11 is 3.31. The molecule has 2 rings (SSSR count). The number of aryl methyl sites for hydroxylation is 1. The maximum absolute atomic E-state index is 5.08. The average Bonchev–Trinajstić information content (AvgIpc) is 2.28. The Morgan fingerprint density at radius 1 is 1.19 bits per heavy atom. The van der Waals surface area contributed by atoms with Crippen LogP contribution < -0.4 is 4.74 Å². The predicted octanol–water partition coefficient (Wildman–Crippen LogP) is 2.62. The Balaban J connectivity index is 2.51. The molecule has 2 heterocycles. The molecule has 82 valence electrons. The summed E-state index contributed by atoms with van der Waals surface area (Å²) in [6.07, 6.45) is 0. The molecule has 2 aromatic heterocycles. The van der Waals surface area contributed by atoms with Crippen LogP contribution in [0.2, 0.25) is 0 Å². The molecule has 0 N–H and O–H groups in total. The average molecular weight is 280 g/mol. The van der Waals surface area contributed by atoms with Gasteiger partial charge in [0, 0.05) is 11.8 Å². The van der Waals surface area contributed by atoms with Crippen LogP contribution in [0.5, 0.6) is 5.88 Å².